The summed E-state index contributed by atoms with van der Waals surface area (Å²) in [7, 11) is 0. The number of hydrogen-bond acceptors (Lipinski definition) is 7. The number of H-pyrrole nitrogens is 1. The normalized spacial score (nSPS) is 14.3. The summed E-state index contributed by atoms with van der Waals surface area (Å²) >= 11 is 1.57. The van der Waals surface area contributed by atoms with Crippen LogP contribution in [0.5, 0.6) is 0 Å². The molecule has 150 valence electrons. The molecular formula is C21H18FN7S. The van der Waals surface area contributed by atoms with Gasteiger partial charge in [-0.25, -0.2) is 24.3 Å². The van der Waals surface area contributed by atoms with Gasteiger partial charge in [0.1, 0.15) is 23.5 Å². The maximum atomic E-state index is 13.5. The smallest absolute Gasteiger partial charge is 0.162 e. The standard InChI is InChI=1S/C21H18FN7S/c1-2-15(27-20-18-19(24-11-23-18)25-12-26-20)21-28-16-5-3-4-6-17(16)30-29(21)14-9-7-13(22)8-10-14/h3-12,15H,2H2,1H3,(H2,23,24,25,26,27). The molecule has 2 N–H and O–H groups in total. The van der Waals surface area contributed by atoms with Crippen LogP contribution in [0.15, 0.2) is 71.1 Å². The van der Waals surface area contributed by atoms with Gasteiger partial charge in [-0.2, -0.15) is 0 Å². The zero-order chi connectivity index (χ0) is 20.5. The van der Waals surface area contributed by atoms with E-state index in [1.54, 1.807) is 30.4 Å². The minimum atomic E-state index is -0.272. The van der Waals surface area contributed by atoms with E-state index in [2.05, 4.69) is 32.2 Å². The van der Waals surface area contributed by atoms with Gasteiger partial charge in [0.05, 0.1) is 28.6 Å². The van der Waals surface area contributed by atoms with E-state index in [1.165, 1.54) is 18.5 Å². The van der Waals surface area contributed by atoms with Gasteiger partial charge < -0.3 is 10.3 Å². The van der Waals surface area contributed by atoms with Gasteiger partial charge >= 0.3 is 0 Å². The minimum absolute atomic E-state index is 0.147. The molecule has 0 radical (unpaired) electrons. The summed E-state index contributed by atoms with van der Waals surface area (Å²) in [5.74, 6) is 1.18. The minimum Gasteiger partial charge on any atom is -0.358 e. The lowest BCUT2D eigenvalue weighted by Crippen LogP contribution is -2.40. The van der Waals surface area contributed by atoms with E-state index in [0.717, 1.165) is 28.5 Å². The second-order valence-corrected chi connectivity index (χ2v) is 7.71. The molecule has 1 atom stereocenters. The van der Waals surface area contributed by atoms with Crippen LogP contribution >= 0.6 is 11.9 Å². The van der Waals surface area contributed by atoms with Crippen molar-refractivity contribution < 1.29 is 4.39 Å². The largest absolute Gasteiger partial charge is 0.358 e. The molecule has 9 heteroatoms. The summed E-state index contributed by atoms with van der Waals surface area (Å²) in [6.07, 6.45) is 3.86. The molecule has 7 nitrogen and oxygen atoms in total. The van der Waals surface area contributed by atoms with Crippen molar-refractivity contribution in [1.29, 1.82) is 0 Å². The Hall–Kier alpha value is -3.46. The first-order valence-corrected chi connectivity index (χ1v) is 10.3. The number of nitrogens with zero attached hydrogens (tertiary/aromatic N) is 5. The van der Waals surface area contributed by atoms with Crippen LogP contribution in [0.25, 0.3) is 11.2 Å². The Balaban J connectivity index is 1.57. The molecule has 0 aliphatic carbocycles. The zero-order valence-corrected chi connectivity index (χ0v) is 16.9. The predicted molar refractivity (Wildman–Crippen MR) is 118 cm³/mol. The first kappa shape index (κ1) is 18.6. The summed E-state index contributed by atoms with van der Waals surface area (Å²) in [5, 5.41) is 3.48. The number of anilines is 2. The Kier molecular flexibility index (Phi) is 4.80. The molecule has 1 unspecified atom stereocenters. The molecule has 30 heavy (non-hydrogen) atoms. The monoisotopic (exact) mass is 419 g/mol. The molecule has 2 aromatic carbocycles. The van der Waals surface area contributed by atoms with Crippen LogP contribution in [0.4, 0.5) is 21.6 Å². The summed E-state index contributed by atoms with van der Waals surface area (Å²) < 4.78 is 15.6. The maximum absolute atomic E-state index is 13.5. The summed E-state index contributed by atoms with van der Waals surface area (Å²) in [5.41, 5.74) is 3.10. The second kappa shape index (κ2) is 7.75. The van der Waals surface area contributed by atoms with E-state index in [0.29, 0.717) is 17.0 Å². The maximum Gasteiger partial charge on any atom is 0.162 e. The number of hydrogen-bond donors (Lipinski definition) is 2. The molecule has 3 heterocycles. The Morgan fingerprint density at radius 2 is 1.93 bits per heavy atom. The molecule has 0 spiro atoms. The molecule has 0 saturated carbocycles. The third-order valence-electron chi connectivity index (χ3n) is 4.81. The number of fused-ring (bicyclic) bond motifs is 2. The van der Waals surface area contributed by atoms with Crippen molar-refractivity contribution >= 4 is 46.1 Å². The number of imidazole rings is 1. The second-order valence-electron chi connectivity index (χ2n) is 6.73. The predicted octanol–water partition coefficient (Wildman–Crippen LogP) is 4.94. The molecule has 5 rings (SSSR count). The lowest BCUT2D eigenvalue weighted by atomic mass is 10.1. The van der Waals surface area contributed by atoms with Crippen LogP contribution in [0.3, 0.4) is 0 Å². The van der Waals surface area contributed by atoms with Gasteiger partial charge in [0, 0.05) is 0 Å². The fourth-order valence-electron chi connectivity index (χ4n) is 3.31. The highest BCUT2D eigenvalue weighted by Gasteiger charge is 2.29. The van der Waals surface area contributed by atoms with Crippen LogP contribution in [0, 0.1) is 5.82 Å². The van der Waals surface area contributed by atoms with Crippen molar-refractivity contribution in [2.45, 2.75) is 24.3 Å². The van der Waals surface area contributed by atoms with Gasteiger partial charge in [0.25, 0.3) is 0 Å². The van der Waals surface area contributed by atoms with Crippen LogP contribution in [-0.4, -0.2) is 31.8 Å². The van der Waals surface area contributed by atoms with Gasteiger partial charge in [0.2, 0.25) is 0 Å². The number of rotatable bonds is 5. The Bertz CT molecular complexity index is 1220. The Morgan fingerprint density at radius 3 is 2.77 bits per heavy atom. The zero-order valence-electron chi connectivity index (χ0n) is 16.1. The van der Waals surface area contributed by atoms with Crippen LogP contribution in [0.2, 0.25) is 0 Å². The lowest BCUT2D eigenvalue weighted by molar-refractivity contribution is 0.628. The van der Waals surface area contributed by atoms with E-state index < -0.39 is 0 Å². The van der Waals surface area contributed by atoms with Crippen molar-refractivity contribution in [3.63, 3.8) is 0 Å². The summed E-state index contributed by atoms with van der Waals surface area (Å²) in [6, 6.07) is 14.3. The van der Waals surface area contributed by atoms with Gasteiger partial charge in [-0.05, 0) is 54.8 Å². The van der Waals surface area contributed by atoms with E-state index >= 15 is 0 Å². The summed E-state index contributed by atoms with van der Waals surface area (Å²) in [6.45, 7) is 2.08. The van der Waals surface area contributed by atoms with Gasteiger partial charge in [0.15, 0.2) is 11.5 Å². The first-order valence-electron chi connectivity index (χ1n) is 9.55. The van der Waals surface area contributed by atoms with E-state index in [1.807, 2.05) is 28.6 Å². The van der Waals surface area contributed by atoms with Crippen LogP contribution < -0.4 is 9.62 Å². The number of halogens is 1. The van der Waals surface area contributed by atoms with Gasteiger partial charge in [-0.1, -0.05) is 19.1 Å². The molecule has 0 bridgehead atoms. The van der Waals surface area contributed by atoms with Crippen LogP contribution in [0.1, 0.15) is 13.3 Å². The number of aromatic nitrogens is 4. The quantitative estimate of drug-likeness (QED) is 0.446. The van der Waals surface area contributed by atoms with Gasteiger partial charge in [-0.15, -0.1) is 0 Å². The average Bonchev–Trinajstić information content (AvgIpc) is 3.27. The molecule has 0 amide bonds. The highest BCUT2D eigenvalue weighted by molar-refractivity contribution is 8.01. The number of aliphatic imine (C=N–C) groups is 1. The lowest BCUT2D eigenvalue weighted by Gasteiger charge is -2.33. The molecule has 1 aliphatic rings. The van der Waals surface area contributed by atoms with Crippen LogP contribution in [-0.2, 0) is 0 Å². The molecule has 0 saturated heterocycles. The van der Waals surface area contributed by atoms with Crippen molar-refractivity contribution in [3.8, 4) is 0 Å². The van der Waals surface area contributed by atoms with Gasteiger partial charge in [-0.3, -0.25) is 4.31 Å². The average molecular weight is 419 g/mol. The fraction of sp³-hybridized carbons (Fsp3) is 0.143. The van der Waals surface area contributed by atoms with Crippen molar-refractivity contribution in [3.05, 3.63) is 67.0 Å². The highest BCUT2D eigenvalue weighted by Crippen LogP contribution is 2.40. The topological polar surface area (TPSA) is 82.1 Å². The number of aromatic amines is 1. The third-order valence-corrected chi connectivity index (χ3v) is 5.93. The molecule has 4 aromatic rings. The molecule has 1 aliphatic heterocycles. The van der Waals surface area contributed by atoms with E-state index in [4.69, 9.17) is 4.99 Å². The molecule has 2 aromatic heterocycles. The highest BCUT2D eigenvalue weighted by atomic mass is 32.2. The number of amidine groups is 1. The molecule has 0 fully saturated rings. The SMILES string of the molecule is CCC(Nc1ncnc2[nH]cnc12)C1=Nc2ccccc2SN1c1ccc(F)cc1. The number of benzene rings is 2. The van der Waals surface area contributed by atoms with Crippen molar-refractivity contribution in [2.75, 3.05) is 9.62 Å². The van der Waals surface area contributed by atoms with E-state index in [9.17, 15) is 4.39 Å². The van der Waals surface area contributed by atoms with Crippen molar-refractivity contribution in [2.24, 2.45) is 4.99 Å². The summed E-state index contributed by atoms with van der Waals surface area (Å²) in [4.78, 5) is 21.9. The molecular weight excluding hydrogens is 401 g/mol. The number of nitrogens with one attached hydrogen (secondary N) is 2. The van der Waals surface area contributed by atoms with Crippen molar-refractivity contribution in [1.82, 2.24) is 19.9 Å². The number of para-hydroxylation sites is 1. The third kappa shape index (κ3) is 3.37. The Morgan fingerprint density at radius 1 is 1.10 bits per heavy atom. The van der Waals surface area contributed by atoms with E-state index in [-0.39, 0.29) is 11.9 Å². The first-order chi connectivity index (χ1) is 14.7. The Labute approximate surface area is 176 Å². The fourth-order valence-corrected chi connectivity index (χ4v) is 4.34.